The summed E-state index contributed by atoms with van der Waals surface area (Å²) in [6, 6.07) is 9.45. The van der Waals surface area contributed by atoms with Gasteiger partial charge in [-0.05, 0) is 39.0 Å². The number of ether oxygens (including phenoxy) is 1. The Morgan fingerprint density at radius 3 is 2.67 bits per heavy atom. The highest BCUT2D eigenvalue weighted by Crippen LogP contribution is 2.21. The van der Waals surface area contributed by atoms with E-state index in [-0.39, 0.29) is 18.4 Å². The average Bonchev–Trinajstić information content (AvgIpc) is 2.85. The minimum atomic E-state index is -0.151. The molecule has 0 saturated carbocycles. The van der Waals surface area contributed by atoms with E-state index in [9.17, 15) is 4.79 Å². The number of carbonyl (C=O) groups excluding carboxylic acids is 1. The predicted molar refractivity (Wildman–Crippen MR) is 81.4 cm³/mol. The molecule has 4 nitrogen and oxygen atoms in total. The van der Waals surface area contributed by atoms with Gasteiger partial charge in [-0.1, -0.05) is 17.7 Å². The van der Waals surface area contributed by atoms with Gasteiger partial charge in [0.1, 0.15) is 17.3 Å². The zero-order valence-corrected chi connectivity index (χ0v) is 12.9. The Morgan fingerprint density at radius 1 is 1.29 bits per heavy atom. The second-order valence-corrected chi connectivity index (χ2v) is 5.23. The van der Waals surface area contributed by atoms with Gasteiger partial charge in [-0.25, -0.2) is 0 Å². The molecule has 0 unspecified atom stereocenters. The van der Waals surface area contributed by atoms with Crippen LogP contribution in [0.4, 0.5) is 0 Å². The minimum Gasteiger partial charge on any atom is -0.496 e. The minimum absolute atomic E-state index is 0.0551. The second kappa shape index (κ2) is 6.48. The molecule has 0 fully saturated rings. The van der Waals surface area contributed by atoms with Crippen LogP contribution < -0.4 is 10.1 Å². The van der Waals surface area contributed by atoms with Crippen LogP contribution in [0.3, 0.4) is 0 Å². The van der Waals surface area contributed by atoms with Crippen molar-refractivity contribution in [1.82, 2.24) is 5.32 Å². The van der Waals surface area contributed by atoms with Crippen LogP contribution in [0.15, 0.2) is 34.7 Å². The summed E-state index contributed by atoms with van der Waals surface area (Å²) in [6.45, 7) is 5.79. The third-order valence-electron chi connectivity index (χ3n) is 3.35. The molecule has 0 radical (unpaired) electrons. The van der Waals surface area contributed by atoms with E-state index < -0.39 is 0 Å². The number of hydrogen-bond donors (Lipinski definition) is 1. The molecule has 0 aliphatic rings. The van der Waals surface area contributed by atoms with Gasteiger partial charge in [-0.2, -0.15) is 0 Å². The van der Waals surface area contributed by atoms with Crippen molar-refractivity contribution in [2.75, 3.05) is 7.11 Å². The Labute approximate surface area is 125 Å². The van der Waals surface area contributed by atoms with Crippen LogP contribution in [0.5, 0.6) is 5.75 Å². The van der Waals surface area contributed by atoms with Gasteiger partial charge in [0, 0.05) is 5.56 Å². The zero-order chi connectivity index (χ0) is 15.4. The molecule has 1 atom stereocenters. The highest BCUT2D eigenvalue weighted by Gasteiger charge is 2.14. The van der Waals surface area contributed by atoms with Gasteiger partial charge in [0.25, 0.3) is 0 Å². The van der Waals surface area contributed by atoms with Crippen molar-refractivity contribution in [3.8, 4) is 5.75 Å². The highest BCUT2D eigenvalue weighted by atomic mass is 16.5. The Bertz CT molecular complexity index is 631. The monoisotopic (exact) mass is 287 g/mol. The molecule has 0 aliphatic heterocycles. The van der Waals surface area contributed by atoms with Crippen LogP contribution >= 0.6 is 0 Å². The third kappa shape index (κ3) is 3.88. The maximum atomic E-state index is 12.2. The van der Waals surface area contributed by atoms with Gasteiger partial charge in [0.2, 0.25) is 5.91 Å². The number of furan rings is 1. The number of aryl methyl sites for hydroxylation is 2. The van der Waals surface area contributed by atoms with Crippen molar-refractivity contribution in [3.63, 3.8) is 0 Å². The first-order chi connectivity index (χ1) is 9.99. The molecule has 1 N–H and O–H groups in total. The Kier molecular flexibility index (Phi) is 4.68. The van der Waals surface area contributed by atoms with E-state index >= 15 is 0 Å². The van der Waals surface area contributed by atoms with Crippen molar-refractivity contribution in [1.29, 1.82) is 0 Å². The topological polar surface area (TPSA) is 51.5 Å². The fourth-order valence-corrected chi connectivity index (χ4v) is 2.27. The van der Waals surface area contributed by atoms with Crippen LogP contribution in [0.2, 0.25) is 0 Å². The maximum Gasteiger partial charge on any atom is 0.225 e. The molecule has 21 heavy (non-hydrogen) atoms. The van der Waals surface area contributed by atoms with Crippen LogP contribution in [0.25, 0.3) is 0 Å². The number of amides is 1. The lowest BCUT2D eigenvalue weighted by Gasteiger charge is -2.13. The molecule has 0 bridgehead atoms. The van der Waals surface area contributed by atoms with E-state index in [1.807, 2.05) is 51.1 Å². The summed E-state index contributed by atoms with van der Waals surface area (Å²) in [6.07, 6.45) is 0.287. The molecule has 0 aliphatic carbocycles. The quantitative estimate of drug-likeness (QED) is 0.917. The Balaban J connectivity index is 2.03. The van der Waals surface area contributed by atoms with Crippen LogP contribution in [0.1, 0.15) is 35.6 Å². The SMILES string of the molecule is COc1ccc(C)cc1CC(=O)N[C@H](C)c1ccc(C)o1. The number of rotatable bonds is 5. The fourth-order valence-electron chi connectivity index (χ4n) is 2.27. The molecule has 0 saturated heterocycles. The summed E-state index contributed by atoms with van der Waals surface area (Å²) in [5.41, 5.74) is 1.99. The summed E-state index contributed by atoms with van der Waals surface area (Å²) in [4.78, 5) is 12.2. The Hall–Kier alpha value is -2.23. The molecule has 4 heteroatoms. The van der Waals surface area contributed by atoms with Crippen molar-refractivity contribution in [3.05, 3.63) is 53.0 Å². The molecule has 2 aromatic rings. The van der Waals surface area contributed by atoms with Crippen LogP contribution in [-0.4, -0.2) is 13.0 Å². The summed E-state index contributed by atoms with van der Waals surface area (Å²) >= 11 is 0. The summed E-state index contributed by atoms with van der Waals surface area (Å²) in [7, 11) is 1.61. The molecule has 112 valence electrons. The smallest absolute Gasteiger partial charge is 0.225 e. The van der Waals surface area contributed by atoms with Crippen LogP contribution in [-0.2, 0) is 11.2 Å². The van der Waals surface area contributed by atoms with Gasteiger partial charge >= 0.3 is 0 Å². The number of methoxy groups -OCH3 is 1. The van der Waals surface area contributed by atoms with Gasteiger partial charge in [0.15, 0.2) is 0 Å². The van der Waals surface area contributed by atoms with Crippen molar-refractivity contribution in [2.45, 2.75) is 33.2 Å². The molecule has 2 rings (SSSR count). The van der Waals surface area contributed by atoms with Crippen molar-refractivity contribution in [2.24, 2.45) is 0 Å². The normalized spacial score (nSPS) is 12.0. The van der Waals surface area contributed by atoms with Gasteiger partial charge in [0.05, 0.1) is 19.6 Å². The number of hydrogen-bond acceptors (Lipinski definition) is 3. The van der Waals surface area contributed by atoms with E-state index in [2.05, 4.69) is 5.32 Å². The molecular formula is C17H21NO3. The van der Waals surface area contributed by atoms with Crippen LogP contribution in [0, 0.1) is 13.8 Å². The van der Waals surface area contributed by atoms with E-state index in [0.717, 1.165) is 28.4 Å². The maximum absolute atomic E-state index is 12.2. The van der Waals surface area contributed by atoms with E-state index in [0.29, 0.717) is 0 Å². The average molecular weight is 287 g/mol. The zero-order valence-electron chi connectivity index (χ0n) is 12.9. The molecule has 1 aromatic carbocycles. The summed E-state index contributed by atoms with van der Waals surface area (Å²) in [5.74, 6) is 2.28. The lowest BCUT2D eigenvalue weighted by atomic mass is 10.1. The van der Waals surface area contributed by atoms with Crippen molar-refractivity contribution >= 4 is 5.91 Å². The molecule has 1 aromatic heterocycles. The molecular weight excluding hydrogens is 266 g/mol. The lowest BCUT2D eigenvalue weighted by molar-refractivity contribution is -0.121. The largest absolute Gasteiger partial charge is 0.496 e. The van der Waals surface area contributed by atoms with E-state index in [4.69, 9.17) is 9.15 Å². The fraction of sp³-hybridized carbons (Fsp3) is 0.353. The number of carbonyl (C=O) groups is 1. The van der Waals surface area contributed by atoms with E-state index in [1.54, 1.807) is 7.11 Å². The van der Waals surface area contributed by atoms with Crippen molar-refractivity contribution < 1.29 is 13.9 Å². The molecule has 1 heterocycles. The first-order valence-electron chi connectivity index (χ1n) is 6.99. The standard InChI is InChI=1S/C17H21NO3/c1-11-5-7-16(20-4)14(9-11)10-17(19)18-13(3)15-8-6-12(2)21-15/h5-9,13H,10H2,1-4H3,(H,18,19)/t13-/m1/s1. The lowest BCUT2D eigenvalue weighted by Crippen LogP contribution is -2.28. The number of benzene rings is 1. The van der Waals surface area contributed by atoms with Gasteiger partial charge < -0.3 is 14.5 Å². The Morgan fingerprint density at radius 2 is 2.05 bits per heavy atom. The number of nitrogens with one attached hydrogen (secondary N) is 1. The molecule has 1 amide bonds. The summed E-state index contributed by atoms with van der Waals surface area (Å²) in [5, 5.41) is 2.94. The summed E-state index contributed by atoms with van der Waals surface area (Å²) < 4.78 is 10.8. The predicted octanol–water partition coefficient (Wildman–Crippen LogP) is 3.32. The first kappa shape index (κ1) is 15.2. The molecule has 0 spiro atoms. The second-order valence-electron chi connectivity index (χ2n) is 5.23. The van der Waals surface area contributed by atoms with Gasteiger partial charge in [-0.15, -0.1) is 0 Å². The third-order valence-corrected chi connectivity index (χ3v) is 3.35. The van der Waals surface area contributed by atoms with E-state index in [1.165, 1.54) is 0 Å². The highest BCUT2D eigenvalue weighted by molar-refractivity contribution is 5.79. The van der Waals surface area contributed by atoms with Gasteiger partial charge in [-0.3, -0.25) is 4.79 Å². The first-order valence-corrected chi connectivity index (χ1v) is 6.99.